The van der Waals surface area contributed by atoms with Crippen LogP contribution >= 0.6 is 0 Å². The summed E-state index contributed by atoms with van der Waals surface area (Å²) in [5.74, 6) is 1.06. The summed E-state index contributed by atoms with van der Waals surface area (Å²) < 4.78 is 10.7. The standard InChI is InChI=1S/C22H24N2O4/c1-13-5-6-15(11-14(13)2)21(25)23-10-9-16-12-17-18(27-3)7-8-19(28-4)20(17)24-22(16)26/h5-8,11-12H,9-10H2,1-4H3,(H,23,25)(H,24,26). The zero-order chi connectivity index (χ0) is 20.3. The third-order valence-corrected chi connectivity index (χ3v) is 4.90. The maximum atomic E-state index is 12.5. The molecule has 0 unspecified atom stereocenters. The zero-order valence-corrected chi connectivity index (χ0v) is 16.5. The van der Waals surface area contributed by atoms with Gasteiger partial charge in [-0.25, -0.2) is 0 Å². The van der Waals surface area contributed by atoms with Gasteiger partial charge in [0.25, 0.3) is 11.5 Å². The molecule has 6 nitrogen and oxygen atoms in total. The highest BCUT2D eigenvalue weighted by molar-refractivity contribution is 5.94. The minimum Gasteiger partial charge on any atom is -0.496 e. The lowest BCUT2D eigenvalue weighted by atomic mass is 10.1. The van der Waals surface area contributed by atoms with Gasteiger partial charge in [-0.2, -0.15) is 0 Å². The zero-order valence-electron chi connectivity index (χ0n) is 16.5. The van der Waals surface area contributed by atoms with Crippen LogP contribution in [0.15, 0.2) is 41.2 Å². The van der Waals surface area contributed by atoms with Crippen molar-refractivity contribution in [2.75, 3.05) is 20.8 Å². The first-order chi connectivity index (χ1) is 13.4. The molecule has 1 heterocycles. The van der Waals surface area contributed by atoms with Crippen molar-refractivity contribution in [1.82, 2.24) is 10.3 Å². The van der Waals surface area contributed by atoms with Gasteiger partial charge >= 0.3 is 0 Å². The van der Waals surface area contributed by atoms with E-state index < -0.39 is 0 Å². The number of methoxy groups -OCH3 is 2. The number of nitrogens with one attached hydrogen (secondary N) is 2. The fourth-order valence-electron chi connectivity index (χ4n) is 3.12. The van der Waals surface area contributed by atoms with Gasteiger partial charge in [0.1, 0.15) is 11.5 Å². The van der Waals surface area contributed by atoms with E-state index in [9.17, 15) is 9.59 Å². The van der Waals surface area contributed by atoms with Crippen LogP contribution in [-0.4, -0.2) is 31.7 Å². The molecule has 0 fully saturated rings. The maximum Gasteiger partial charge on any atom is 0.251 e. The molecule has 1 aromatic heterocycles. The quantitative estimate of drug-likeness (QED) is 0.688. The summed E-state index contributed by atoms with van der Waals surface area (Å²) in [4.78, 5) is 27.7. The number of H-pyrrole nitrogens is 1. The molecule has 0 atom stereocenters. The second-order valence-electron chi connectivity index (χ2n) is 6.69. The van der Waals surface area contributed by atoms with E-state index in [0.29, 0.717) is 41.1 Å². The van der Waals surface area contributed by atoms with Crippen LogP contribution in [0.25, 0.3) is 10.9 Å². The Balaban J connectivity index is 1.79. The van der Waals surface area contributed by atoms with Gasteiger partial charge in [0.05, 0.1) is 19.7 Å². The Morgan fingerprint density at radius 1 is 1.00 bits per heavy atom. The molecule has 0 spiro atoms. The Kier molecular flexibility index (Phi) is 5.68. The monoisotopic (exact) mass is 380 g/mol. The predicted molar refractivity (Wildman–Crippen MR) is 110 cm³/mol. The number of aromatic nitrogens is 1. The van der Waals surface area contributed by atoms with Gasteiger partial charge in [-0.05, 0) is 61.7 Å². The fraction of sp³-hybridized carbons (Fsp3) is 0.273. The molecule has 0 aliphatic rings. The number of aromatic amines is 1. The highest BCUT2D eigenvalue weighted by Gasteiger charge is 2.12. The first-order valence-corrected chi connectivity index (χ1v) is 9.07. The number of ether oxygens (including phenoxy) is 2. The molecule has 0 aliphatic heterocycles. The summed E-state index contributed by atoms with van der Waals surface area (Å²) >= 11 is 0. The first kappa shape index (κ1) is 19.5. The molecule has 146 valence electrons. The Morgan fingerprint density at radius 2 is 1.71 bits per heavy atom. The molecular weight excluding hydrogens is 356 g/mol. The Morgan fingerprint density at radius 3 is 2.39 bits per heavy atom. The van der Waals surface area contributed by atoms with Crippen molar-refractivity contribution >= 4 is 16.8 Å². The van der Waals surface area contributed by atoms with Crippen molar-refractivity contribution in [2.24, 2.45) is 0 Å². The normalized spacial score (nSPS) is 10.7. The van der Waals surface area contributed by atoms with Crippen LogP contribution in [0.4, 0.5) is 0 Å². The van der Waals surface area contributed by atoms with E-state index in [0.717, 1.165) is 16.5 Å². The molecule has 3 rings (SSSR count). The molecule has 0 bridgehead atoms. The van der Waals surface area contributed by atoms with Crippen LogP contribution in [-0.2, 0) is 6.42 Å². The topological polar surface area (TPSA) is 80.4 Å². The summed E-state index contributed by atoms with van der Waals surface area (Å²) in [5, 5.41) is 3.63. The van der Waals surface area contributed by atoms with Crippen molar-refractivity contribution in [3.63, 3.8) is 0 Å². The van der Waals surface area contributed by atoms with Crippen molar-refractivity contribution in [3.05, 3.63) is 69.0 Å². The Hall–Kier alpha value is -3.28. The number of pyridine rings is 1. The first-order valence-electron chi connectivity index (χ1n) is 9.07. The maximum absolute atomic E-state index is 12.5. The summed E-state index contributed by atoms with van der Waals surface area (Å²) in [7, 11) is 3.13. The lowest BCUT2D eigenvalue weighted by Crippen LogP contribution is -2.27. The second-order valence-corrected chi connectivity index (χ2v) is 6.69. The molecule has 28 heavy (non-hydrogen) atoms. The van der Waals surface area contributed by atoms with E-state index in [2.05, 4.69) is 10.3 Å². The summed E-state index contributed by atoms with van der Waals surface area (Å²) in [6, 6.07) is 10.9. The number of benzene rings is 2. The smallest absolute Gasteiger partial charge is 0.251 e. The highest BCUT2D eigenvalue weighted by Crippen LogP contribution is 2.31. The third kappa shape index (κ3) is 3.86. The number of carbonyl (C=O) groups is 1. The molecule has 0 aliphatic carbocycles. The summed E-state index contributed by atoms with van der Waals surface area (Å²) in [5.41, 5.74) is 3.78. The Labute approximate surface area is 163 Å². The molecule has 0 saturated carbocycles. The van der Waals surface area contributed by atoms with Crippen molar-refractivity contribution in [1.29, 1.82) is 0 Å². The van der Waals surface area contributed by atoms with Gasteiger partial charge in [-0.1, -0.05) is 6.07 Å². The van der Waals surface area contributed by atoms with E-state index in [1.165, 1.54) is 0 Å². The molecule has 0 radical (unpaired) electrons. The minimum atomic E-state index is -0.209. The van der Waals surface area contributed by atoms with E-state index in [-0.39, 0.29) is 11.5 Å². The van der Waals surface area contributed by atoms with Gasteiger partial charge in [-0.3, -0.25) is 9.59 Å². The van der Waals surface area contributed by atoms with Gasteiger partial charge in [-0.15, -0.1) is 0 Å². The number of fused-ring (bicyclic) bond motifs is 1. The molecule has 0 saturated heterocycles. The lowest BCUT2D eigenvalue weighted by molar-refractivity contribution is 0.0954. The molecule has 2 aromatic carbocycles. The van der Waals surface area contributed by atoms with Crippen LogP contribution < -0.4 is 20.3 Å². The van der Waals surface area contributed by atoms with Crippen molar-refractivity contribution in [2.45, 2.75) is 20.3 Å². The SMILES string of the molecule is COc1ccc(OC)c2[nH]c(=O)c(CCNC(=O)c3ccc(C)c(C)c3)cc12. The highest BCUT2D eigenvalue weighted by atomic mass is 16.5. The van der Waals surface area contributed by atoms with Crippen molar-refractivity contribution < 1.29 is 14.3 Å². The van der Waals surface area contributed by atoms with Crippen LogP contribution in [0.5, 0.6) is 11.5 Å². The number of hydrogen-bond acceptors (Lipinski definition) is 4. The number of aryl methyl sites for hydroxylation is 2. The van der Waals surface area contributed by atoms with Crippen LogP contribution in [0, 0.1) is 13.8 Å². The molecule has 2 N–H and O–H groups in total. The van der Waals surface area contributed by atoms with Crippen LogP contribution in [0.2, 0.25) is 0 Å². The van der Waals surface area contributed by atoms with Crippen LogP contribution in [0.3, 0.4) is 0 Å². The number of carbonyl (C=O) groups excluding carboxylic acids is 1. The van der Waals surface area contributed by atoms with Crippen molar-refractivity contribution in [3.8, 4) is 11.5 Å². The minimum absolute atomic E-state index is 0.153. The lowest BCUT2D eigenvalue weighted by Gasteiger charge is -2.11. The average Bonchev–Trinajstić information content (AvgIpc) is 2.69. The van der Waals surface area contributed by atoms with Gasteiger partial charge in [0.15, 0.2) is 0 Å². The molecular formula is C22H24N2O4. The largest absolute Gasteiger partial charge is 0.496 e. The third-order valence-electron chi connectivity index (χ3n) is 4.90. The van der Waals surface area contributed by atoms with Crippen LogP contribution in [0.1, 0.15) is 27.0 Å². The van der Waals surface area contributed by atoms with E-state index in [1.54, 1.807) is 38.5 Å². The average molecular weight is 380 g/mol. The molecule has 3 aromatic rings. The summed E-state index contributed by atoms with van der Waals surface area (Å²) in [6.07, 6.45) is 0.405. The molecule has 6 heteroatoms. The molecule has 1 amide bonds. The summed E-state index contributed by atoms with van der Waals surface area (Å²) in [6.45, 7) is 4.33. The van der Waals surface area contributed by atoms with Gasteiger partial charge in [0, 0.05) is 23.1 Å². The Bertz CT molecular complexity index is 1090. The second kappa shape index (κ2) is 8.17. The number of rotatable bonds is 6. The van der Waals surface area contributed by atoms with E-state index in [1.807, 2.05) is 26.0 Å². The predicted octanol–water partition coefficient (Wildman–Crippen LogP) is 3.13. The van der Waals surface area contributed by atoms with E-state index >= 15 is 0 Å². The van der Waals surface area contributed by atoms with E-state index in [4.69, 9.17) is 9.47 Å². The number of hydrogen-bond donors (Lipinski definition) is 2. The van der Waals surface area contributed by atoms with Gasteiger partial charge < -0.3 is 19.8 Å². The van der Waals surface area contributed by atoms with Gasteiger partial charge in [0.2, 0.25) is 0 Å². The fourth-order valence-corrected chi connectivity index (χ4v) is 3.12. The number of amides is 1.